The van der Waals surface area contributed by atoms with Gasteiger partial charge in [-0.1, -0.05) is 0 Å². The second kappa shape index (κ2) is 5.54. The summed E-state index contributed by atoms with van der Waals surface area (Å²) in [5.74, 6) is 0.825. The molecule has 1 saturated heterocycles. The highest BCUT2D eigenvalue weighted by Crippen LogP contribution is 2.24. The fourth-order valence-electron chi connectivity index (χ4n) is 2.95. The molecule has 21 heavy (non-hydrogen) atoms. The first-order chi connectivity index (χ1) is 9.93. The second-order valence-electron chi connectivity index (χ2n) is 7.00. The number of ether oxygens (including phenoxy) is 1. The van der Waals surface area contributed by atoms with Crippen molar-refractivity contribution in [2.24, 2.45) is 0 Å². The summed E-state index contributed by atoms with van der Waals surface area (Å²) in [6.07, 6.45) is 4.78. The van der Waals surface area contributed by atoms with Crippen LogP contribution in [0.1, 0.15) is 44.9 Å². The lowest BCUT2D eigenvalue weighted by molar-refractivity contribution is -0.0753. The van der Waals surface area contributed by atoms with Crippen molar-refractivity contribution in [2.45, 2.75) is 64.8 Å². The van der Waals surface area contributed by atoms with Gasteiger partial charge in [-0.25, -0.2) is 9.97 Å². The Morgan fingerprint density at radius 3 is 2.81 bits per heavy atom. The van der Waals surface area contributed by atoms with Gasteiger partial charge in [0.2, 0.25) is 5.95 Å². The summed E-state index contributed by atoms with van der Waals surface area (Å²) in [4.78, 5) is 11.5. The average Bonchev–Trinajstić information content (AvgIpc) is 3.19. The monoisotopic (exact) mass is 290 g/mol. The highest BCUT2D eigenvalue weighted by molar-refractivity contribution is 5.34. The molecule has 0 spiro atoms. The van der Waals surface area contributed by atoms with E-state index in [9.17, 15) is 0 Å². The zero-order valence-corrected chi connectivity index (χ0v) is 13.5. The largest absolute Gasteiger partial charge is 0.369 e. The summed E-state index contributed by atoms with van der Waals surface area (Å²) < 4.78 is 5.94. The summed E-state index contributed by atoms with van der Waals surface area (Å²) >= 11 is 0. The molecule has 0 amide bonds. The molecule has 5 heteroatoms. The van der Waals surface area contributed by atoms with Gasteiger partial charge in [0.05, 0.1) is 11.7 Å². The quantitative estimate of drug-likeness (QED) is 0.919. The van der Waals surface area contributed by atoms with E-state index in [4.69, 9.17) is 9.72 Å². The van der Waals surface area contributed by atoms with E-state index in [0.717, 1.165) is 31.3 Å². The number of hydrogen-bond donors (Lipinski definition) is 1. The normalized spacial score (nSPS) is 25.1. The van der Waals surface area contributed by atoms with Gasteiger partial charge in [-0.05, 0) is 40.5 Å². The van der Waals surface area contributed by atoms with Crippen LogP contribution in [0.3, 0.4) is 0 Å². The topological polar surface area (TPSA) is 50.3 Å². The molecular formula is C16H26N4O. The molecule has 1 aromatic heterocycles. The Morgan fingerprint density at radius 2 is 2.19 bits per heavy atom. The van der Waals surface area contributed by atoms with Gasteiger partial charge in [-0.15, -0.1) is 0 Å². The highest BCUT2D eigenvalue weighted by Gasteiger charge is 2.32. The Hall–Kier alpha value is -1.20. The number of nitrogens with zero attached hydrogens (tertiary/aromatic N) is 3. The Morgan fingerprint density at radius 1 is 1.43 bits per heavy atom. The van der Waals surface area contributed by atoms with Crippen LogP contribution in [0.4, 0.5) is 5.95 Å². The van der Waals surface area contributed by atoms with Crippen LogP contribution >= 0.6 is 0 Å². The SMILES string of the molecule is Cc1nc(N2CC(C)OC(C)(C)C2)ncc1CNC1CC1. The zero-order chi connectivity index (χ0) is 15.0. The minimum atomic E-state index is -0.152. The van der Waals surface area contributed by atoms with Crippen molar-refractivity contribution in [3.8, 4) is 0 Å². The van der Waals surface area contributed by atoms with E-state index < -0.39 is 0 Å². The molecule has 0 bridgehead atoms. The van der Waals surface area contributed by atoms with E-state index in [2.05, 4.69) is 42.9 Å². The molecular weight excluding hydrogens is 264 g/mol. The van der Waals surface area contributed by atoms with Crippen LogP contribution in [-0.4, -0.2) is 40.8 Å². The van der Waals surface area contributed by atoms with Gasteiger partial charge in [0.25, 0.3) is 0 Å². The van der Waals surface area contributed by atoms with E-state index >= 15 is 0 Å². The Labute approximate surface area is 127 Å². The first-order valence-corrected chi connectivity index (χ1v) is 7.92. The fraction of sp³-hybridized carbons (Fsp3) is 0.750. The minimum absolute atomic E-state index is 0.152. The van der Waals surface area contributed by atoms with E-state index in [1.807, 2.05) is 6.20 Å². The van der Waals surface area contributed by atoms with Gasteiger partial charge in [-0.2, -0.15) is 0 Å². The maximum Gasteiger partial charge on any atom is 0.225 e. The van der Waals surface area contributed by atoms with E-state index in [-0.39, 0.29) is 11.7 Å². The Bertz CT molecular complexity index is 513. The summed E-state index contributed by atoms with van der Waals surface area (Å²) in [6.45, 7) is 11.0. The van der Waals surface area contributed by atoms with Gasteiger partial charge >= 0.3 is 0 Å². The van der Waals surface area contributed by atoms with Crippen molar-refractivity contribution in [3.63, 3.8) is 0 Å². The number of aryl methyl sites for hydroxylation is 1. The zero-order valence-electron chi connectivity index (χ0n) is 13.5. The molecule has 1 saturated carbocycles. The summed E-state index contributed by atoms with van der Waals surface area (Å²) in [7, 11) is 0. The van der Waals surface area contributed by atoms with E-state index in [0.29, 0.717) is 6.04 Å². The smallest absolute Gasteiger partial charge is 0.225 e. The number of aromatic nitrogens is 2. The lowest BCUT2D eigenvalue weighted by Crippen LogP contribution is -2.52. The number of hydrogen-bond acceptors (Lipinski definition) is 5. The van der Waals surface area contributed by atoms with Crippen molar-refractivity contribution in [1.82, 2.24) is 15.3 Å². The van der Waals surface area contributed by atoms with Crippen LogP contribution in [0, 0.1) is 6.92 Å². The highest BCUT2D eigenvalue weighted by atomic mass is 16.5. The molecule has 1 N–H and O–H groups in total. The van der Waals surface area contributed by atoms with E-state index in [1.165, 1.54) is 18.4 Å². The molecule has 3 rings (SSSR count). The fourth-order valence-corrected chi connectivity index (χ4v) is 2.95. The predicted molar refractivity (Wildman–Crippen MR) is 83.5 cm³/mol. The van der Waals surface area contributed by atoms with Crippen molar-refractivity contribution < 1.29 is 4.74 Å². The first-order valence-electron chi connectivity index (χ1n) is 7.92. The van der Waals surface area contributed by atoms with Crippen molar-refractivity contribution in [3.05, 3.63) is 17.5 Å². The number of nitrogens with one attached hydrogen (secondary N) is 1. The van der Waals surface area contributed by atoms with Crippen LogP contribution in [-0.2, 0) is 11.3 Å². The van der Waals surface area contributed by atoms with Crippen LogP contribution in [0.2, 0.25) is 0 Å². The van der Waals surface area contributed by atoms with Crippen LogP contribution in [0.15, 0.2) is 6.20 Å². The third-order valence-electron chi connectivity index (χ3n) is 4.08. The van der Waals surface area contributed by atoms with Gasteiger partial charge < -0.3 is 15.0 Å². The lowest BCUT2D eigenvalue weighted by Gasteiger charge is -2.41. The molecule has 1 unspecified atom stereocenters. The van der Waals surface area contributed by atoms with Gasteiger partial charge in [-0.3, -0.25) is 0 Å². The maximum atomic E-state index is 5.94. The molecule has 1 aliphatic heterocycles. The standard InChI is InChI=1S/C16H26N4O/c1-11-9-20(10-16(3,4)21-11)15-18-8-13(12(2)19-15)7-17-14-5-6-14/h8,11,14,17H,5-7,9-10H2,1-4H3. The predicted octanol–water partition coefficient (Wildman–Crippen LogP) is 2.04. The average molecular weight is 290 g/mol. The van der Waals surface area contributed by atoms with Crippen molar-refractivity contribution in [2.75, 3.05) is 18.0 Å². The molecule has 1 atom stereocenters. The molecule has 5 nitrogen and oxygen atoms in total. The molecule has 1 aromatic rings. The van der Waals surface area contributed by atoms with Crippen LogP contribution in [0.25, 0.3) is 0 Å². The summed E-state index contributed by atoms with van der Waals surface area (Å²) in [5.41, 5.74) is 2.12. The second-order valence-corrected chi connectivity index (χ2v) is 7.00. The van der Waals surface area contributed by atoms with E-state index in [1.54, 1.807) is 0 Å². The Balaban J connectivity index is 1.71. The molecule has 1 aliphatic carbocycles. The lowest BCUT2D eigenvalue weighted by atomic mass is 10.1. The summed E-state index contributed by atoms with van der Waals surface area (Å²) in [6, 6.07) is 0.713. The van der Waals surface area contributed by atoms with Crippen LogP contribution in [0.5, 0.6) is 0 Å². The van der Waals surface area contributed by atoms with Crippen LogP contribution < -0.4 is 10.2 Å². The van der Waals surface area contributed by atoms with Gasteiger partial charge in [0.15, 0.2) is 0 Å². The van der Waals surface area contributed by atoms with Gasteiger partial charge in [0.1, 0.15) is 0 Å². The first kappa shape index (κ1) is 14.7. The van der Waals surface area contributed by atoms with Crippen molar-refractivity contribution in [1.29, 1.82) is 0 Å². The number of anilines is 1. The summed E-state index contributed by atoms with van der Waals surface area (Å²) in [5, 5.41) is 3.52. The molecule has 2 aliphatic rings. The minimum Gasteiger partial charge on any atom is -0.369 e. The molecule has 2 fully saturated rings. The molecule has 116 valence electrons. The molecule has 0 aromatic carbocycles. The number of rotatable bonds is 4. The maximum absolute atomic E-state index is 5.94. The number of morpholine rings is 1. The molecule has 0 radical (unpaired) electrons. The molecule has 2 heterocycles. The van der Waals surface area contributed by atoms with Crippen molar-refractivity contribution >= 4 is 5.95 Å². The Kier molecular flexibility index (Phi) is 3.88. The van der Waals surface area contributed by atoms with Gasteiger partial charge in [0, 0.05) is 43.1 Å². The third kappa shape index (κ3) is 3.71. The third-order valence-corrected chi connectivity index (χ3v) is 4.08.